The van der Waals surface area contributed by atoms with Gasteiger partial charge in [-0.2, -0.15) is 5.10 Å². The molecule has 9 heteroatoms. The fourth-order valence-corrected chi connectivity index (χ4v) is 1.70. The van der Waals surface area contributed by atoms with E-state index in [9.17, 15) is 14.4 Å². The Balaban J connectivity index is 1.80. The van der Waals surface area contributed by atoms with Gasteiger partial charge in [-0.05, 0) is 25.1 Å². The largest absolute Gasteiger partial charge is 0.452 e. The van der Waals surface area contributed by atoms with Crippen molar-refractivity contribution in [3.63, 3.8) is 0 Å². The van der Waals surface area contributed by atoms with Crippen molar-refractivity contribution >= 4 is 17.9 Å². The lowest BCUT2D eigenvalue weighted by molar-refractivity contribution is -0.123. The van der Waals surface area contributed by atoms with Gasteiger partial charge >= 0.3 is 12.0 Å². The van der Waals surface area contributed by atoms with Gasteiger partial charge in [0.15, 0.2) is 6.61 Å². The molecule has 2 rings (SSSR count). The topological polar surface area (TPSA) is 115 Å². The van der Waals surface area contributed by atoms with E-state index in [4.69, 9.17) is 9.15 Å². The minimum atomic E-state index is -0.789. The zero-order valence-corrected chi connectivity index (χ0v) is 12.4. The highest BCUT2D eigenvalue weighted by atomic mass is 16.5. The Kier molecular flexibility index (Phi) is 5.50. The molecule has 0 radical (unpaired) electrons. The summed E-state index contributed by atoms with van der Waals surface area (Å²) < 4.78 is 11.7. The molecule has 0 unspecified atom stereocenters. The number of ether oxygens (including phenoxy) is 1. The Bertz CT molecular complexity index is 677. The van der Waals surface area contributed by atoms with Crippen LogP contribution in [0.25, 0.3) is 0 Å². The summed E-state index contributed by atoms with van der Waals surface area (Å²) in [5, 5.41) is 8.41. The quantitative estimate of drug-likeness (QED) is 0.750. The van der Waals surface area contributed by atoms with E-state index in [0.29, 0.717) is 18.8 Å². The summed E-state index contributed by atoms with van der Waals surface area (Å²) in [6.45, 7) is 1.88. The van der Waals surface area contributed by atoms with Crippen LogP contribution in [0.5, 0.6) is 0 Å². The number of aromatic nitrogens is 2. The highest BCUT2D eigenvalue weighted by molar-refractivity contribution is 5.96. The lowest BCUT2D eigenvalue weighted by Gasteiger charge is -2.05. The van der Waals surface area contributed by atoms with Crippen molar-refractivity contribution in [1.29, 1.82) is 0 Å². The molecule has 23 heavy (non-hydrogen) atoms. The molecular weight excluding hydrogens is 304 g/mol. The Morgan fingerprint density at radius 2 is 2.17 bits per heavy atom. The second kappa shape index (κ2) is 7.78. The highest BCUT2D eigenvalue weighted by Crippen LogP contribution is 2.10. The summed E-state index contributed by atoms with van der Waals surface area (Å²) in [7, 11) is 0. The summed E-state index contributed by atoms with van der Waals surface area (Å²) >= 11 is 0. The van der Waals surface area contributed by atoms with Gasteiger partial charge in [0.05, 0.1) is 6.54 Å². The standard InChI is InChI=1S/C14H16N4O5/c1-2-15-14(21)17-12(19)9-22-13(20)11-5-4-10(23-11)8-18-7-3-6-16-18/h3-7H,2,8-9H2,1H3,(H2,15,17,19,21). The molecule has 0 aliphatic carbocycles. The van der Waals surface area contributed by atoms with Crippen molar-refractivity contribution in [3.05, 3.63) is 42.1 Å². The normalized spacial score (nSPS) is 10.1. The van der Waals surface area contributed by atoms with Gasteiger partial charge in [0, 0.05) is 18.9 Å². The molecule has 2 aromatic rings. The van der Waals surface area contributed by atoms with Gasteiger partial charge in [-0.1, -0.05) is 0 Å². The van der Waals surface area contributed by atoms with Crippen LogP contribution < -0.4 is 10.6 Å². The molecule has 2 heterocycles. The second-order valence-corrected chi connectivity index (χ2v) is 4.45. The van der Waals surface area contributed by atoms with Gasteiger partial charge < -0.3 is 14.5 Å². The van der Waals surface area contributed by atoms with Crippen LogP contribution in [0.3, 0.4) is 0 Å². The zero-order chi connectivity index (χ0) is 16.7. The predicted octanol–water partition coefficient (Wildman–Crippen LogP) is 0.527. The molecule has 0 fully saturated rings. The third-order valence-corrected chi connectivity index (χ3v) is 2.66. The van der Waals surface area contributed by atoms with Crippen molar-refractivity contribution in [3.8, 4) is 0 Å². The molecule has 0 aliphatic rings. The number of hydrogen-bond donors (Lipinski definition) is 2. The van der Waals surface area contributed by atoms with Crippen molar-refractivity contribution in [2.45, 2.75) is 13.5 Å². The van der Waals surface area contributed by atoms with E-state index in [1.807, 2.05) is 5.32 Å². The van der Waals surface area contributed by atoms with Gasteiger partial charge in [0.1, 0.15) is 5.76 Å². The fourth-order valence-electron chi connectivity index (χ4n) is 1.70. The summed E-state index contributed by atoms with van der Waals surface area (Å²) in [5.74, 6) is -1.03. The predicted molar refractivity (Wildman–Crippen MR) is 77.5 cm³/mol. The Labute approximate surface area is 131 Å². The van der Waals surface area contributed by atoms with Gasteiger partial charge in [0.25, 0.3) is 5.91 Å². The molecule has 122 valence electrons. The molecule has 0 bridgehead atoms. The lowest BCUT2D eigenvalue weighted by atomic mass is 10.4. The molecule has 9 nitrogen and oxygen atoms in total. The van der Waals surface area contributed by atoms with Crippen molar-refractivity contribution in [2.24, 2.45) is 0 Å². The first-order chi connectivity index (χ1) is 11.1. The summed E-state index contributed by atoms with van der Waals surface area (Å²) in [6.07, 6.45) is 3.39. The second-order valence-electron chi connectivity index (χ2n) is 4.45. The molecule has 0 atom stereocenters. The third-order valence-electron chi connectivity index (χ3n) is 2.66. The van der Waals surface area contributed by atoms with Crippen LogP contribution in [-0.4, -0.2) is 40.8 Å². The molecule has 2 aromatic heterocycles. The van der Waals surface area contributed by atoms with Crippen molar-refractivity contribution < 1.29 is 23.5 Å². The zero-order valence-electron chi connectivity index (χ0n) is 12.4. The van der Waals surface area contributed by atoms with Gasteiger partial charge in [0.2, 0.25) is 5.76 Å². The Morgan fingerprint density at radius 1 is 1.35 bits per heavy atom. The van der Waals surface area contributed by atoms with Gasteiger partial charge in [-0.3, -0.25) is 14.8 Å². The summed E-state index contributed by atoms with van der Waals surface area (Å²) in [4.78, 5) is 34.3. The SMILES string of the molecule is CCNC(=O)NC(=O)COC(=O)c1ccc(Cn2cccn2)o1. The van der Waals surface area contributed by atoms with Crippen LogP contribution >= 0.6 is 0 Å². The number of esters is 1. The van der Waals surface area contributed by atoms with Crippen LogP contribution in [0.4, 0.5) is 4.79 Å². The number of carbonyl (C=O) groups excluding carboxylic acids is 3. The van der Waals surface area contributed by atoms with E-state index in [1.54, 1.807) is 36.1 Å². The molecule has 0 aromatic carbocycles. The summed E-state index contributed by atoms with van der Waals surface area (Å²) in [6, 6.07) is 4.19. The first-order valence-corrected chi connectivity index (χ1v) is 6.89. The van der Waals surface area contributed by atoms with Crippen LogP contribution in [0.15, 0.2) is 35.0 Å². The maximum absolute atomic E-state index is 11.8. The lowest BCUT2D eigenvalue weighted by Crippen LogP contribution is -2.41. The van der Waals surface area contributed by atoms with Gasteiger partial charge in [-0.25, -0.2) is 9.59 Å². The van der Waals surface area contributed by atoms with Gasteiger partial charge in [-0.15, -0.1) is 0 Å². The Hall–Kier alpha value is -3.10. The number of nitrogens with zero attached hydrogens (tertiary/aromatic N) is 2. The smallest absolute Gasteiger partial charge is 0.374 e. The number of rotatable bonds is 6. The molecule has 0 saturated heterocycles. The molecule has 0 spiro atoms. The number of imide groups is 1. The Morgan fingerprint density at radius 3 is 2.87 bits per heavy atom. The van der Waals surface area contributed by atoms with E-state index < -0.39 is 24.5 Å². The van der Waals surface area contributed by atoms with E-state index in [-0.39, 0.29) is 5.76 Å². The van der Waals surface area contributed by atoms with E-state index >= 15 is 0 Å². The molecule has 0 aliphatic heterocycles. The van der Waals surface area contributed by atoms with E-state index in [2.05, 4.69) is 10.4 Å². The number of carbonyl (C=O) groups is 3. The first-order valence-electron chi connectivity index (χ1n) is 6.89. The number of amides is 3. The van der Waals surface area contributed by atoms with Crippen LogP contribution in [0, 0.1) is 0 Å². The number of hydrogen-bond acceptors (Lipinski definition) is 6. The molecule has 2 N–H and O–H groups in total. The summed E-state index contributed by atoms with van der Waals surface area (Å²) in [5.41, 5.74) is 0. The van der Waals surface area contributed by atoms with E-state index in [1.165, 1.54) is 6.07 Å². The maximum Gasteiger partial charge on any atom is 0.374 e. The third kappa shape index (κ3) is 4.99. The van der Waals surface area contributed by atoms with Crippen LogP contribution in [-0.2, 0) is 16.1 Å². The maximum atomic E-state index is 11.8. The fraction of sp³-hybridized carbons (Fsp3) is 0.286. The minimum absolute atomic E-state index is 0.0297. The minimum Gasteiger partial charge on any atom is -0.452 e. The van der Waals surface area contributed by atoms with Crippen molar-refractivity contribution in [1.82, 2.24) is 20.4 Å². The molecule has 3 amide bonds. The molecule has 0 saturated carbocycles. The number of furan rings is 1. The van der Waals surface area contributed by atoms with E-state index in [0.717, 1.165) is 0 Å². The average molecular weight is 320 g/mol. The molecular formula is C14H16N4O5. The number of urea groups is 1. The average Bonchev–Trinajstić information content (AvgIpc) is 3.17. The highest BCUT2D eigenvalue weighted by Gasteiger charge is 2.15. The van der Waals surface area contributed by atoms with Crippen LogP contribution in [0.2, 0.25) is 0 Å². The monoisotopic (exact) mass is 320 g/mol. The number of nitrogens with one attached hydrogen (secondary N) is 2. The van der Waals surface area contributed by atoms with Crippen molar-refractivity contribution in [2.75, 3.05) is 13.2 Å². The van der Waals surface area contributed by atoms with Crippen LogP contribution in [0.1, 0.15) is 23.2 Å². The first kappa shape index (κ1) is 16.3.